The second-order valence-electron chi connectivity index (χ2n) is 5.92. The van der Waals surface area contributed by atoms with Gasteiger partial charge in [0.15, 0.2) is 0 Å². The van der Waals surface area contributed by atoms with E-state index in [4.69, 9.17) is 10.8 Å². The Morgan fingerprint density at radius 3 is 2.81 bits per heavy atom. The molecular formula is C12H18FNO2. The Morgan fingerprint density at radius 1 is 1.44 bits per heavy atom. The number of carbonyl (C=O) groups is 1. The molecule has 0 aromatic heterocycles. The minimum absolute atomic E-state index is 0.0528. The number of alkyl halides is 1. The summed E-state index contributed by atoms with van der Waals surface area (Å²) in [5.74, 6) is -0.528. The van der Waals surface area contributed by atoms with E-state index in [-0.39, 0.29) is 18.3 Å². The van der Waals surface area contributed by atoms with E-state index >= 15 is 0 Å². The van der Waals surface area contributed by atoms with E-state index in [0.717, 1.165) is 19.3 Å². The van der Waals surface area contributed by atoms with Crippen LogP contribution in [0.1, 0.15) is 32.1 Å². The van der Waals surface area contributed by atoms with Gasteiger partial charge in [-0.25, -0.2) is 4.39 Å². The van der Waals surface area contributed by atoms with Crippen molar-refractivity contribution in [1.29, 1.82) is 0 Å². The lowest BCUT2D eigenvalue weighted by Gasteiger charge is -2.62. The van der Waals surface area contributed by atoms with Crippen LogP contribution in [0.3, 0.4) is 0 Å². The fourth-order valence-corrected chi connectivity index (χ4v) is 4.95. The monoisotopic (exact) mass is 227 g/mol. The minimum Gasteiger partial charge on any atom is -0.481 e. The van der Waals surface area contributed by atoms with Crippen molar-refractivity contribution >= 4 is 5.97 Å². The molecule has 3 fully saturated rings. The predicted molar refractivity (Wildman–Crippen MR) is 56.5 cm³/mol. The molecule has 90 valence electrons. The zero-order valence-corrected chi connectivity index (χ0v) is 9.29. The van der Waals surface area contributed by atoms with Gasteiger partial charge in [0, 0.05) is 17.3 Å². The Hall–Kier alpha value is -0.640. The number of carboxylic acids is 1. The molecule has 3 N–H and O–H groups in total. The van der Waals surface area contributed by atoms with Gasteiger partial charge < -0.3 is 10.8 Å². The Labute approximate surface area is 94.2 Å². The highest BCUT2D eigenvalue weighted by Gasteiger charge is 2.75. The lowest BCUT2D eigenvalue weighted by molar-refractivity contribution is -0.205. The van der Waals surface area contributed by atoms with Crippen molar-refractivity contribution in [3.8, 4) is 0 Å². The standard InChI is InChI=1S/C12H18FNO2/c13-12-4-7-1-2-8(12)11(6-14,5-10(15)16)9(12)3-7/h7-9H,1-6,14H2,(H,15,16)/t7-,8?,9-,11+,12+/m1/s1. The molecule has 2 bridgehead atoms. The van der Waals surface area contributed by atoms with Crippen molar-refractivity contribution in [2.24, 2.45) is 28.9 Å². The maximum atomic E-state index is 14.7. The van der Waals surface area contributed by atoms with Gasteiger partial charge in [-0.15, -0.1) is 0 Å². The van der Waals surface area contributed by atoms with E-state index < -0.39 is 17.1 Å². The van der Waals surface area contributed by atoms with Gasteiger partial charge >= 0.3 is 5.97 Å². The number of fused-ring (bicyclic) bond motifs is 1. The third kappa shape index (κ3) is 0.992. The van der Waals surface area contributed by atoms with E-state index in [9.17, 15) is 9.18 Å². The summed E-state index contributed by atoms with van der Waals surface area (Å²) in [5.41, 5.74) is 4.28. The Morgan fingerprint density at radius 2 is 2.19 bits per heavy atom. The van der Waals surface area contributed by atoms with Gasteiger partial charge in [0.1, 0.15) is 5.67 Å². The van der Waals surface area contributed by atoms with Crippen LogP contribution in [0, 0.1) is 23.2 Å². The van der Waals surface area contributed by atoms with Gasteiger partial charge in [-0.05, 0) is 38.1 Å². The molecule has 0 amide bonds. The lowest BCUT2D eigenvalue weighted by atomic mass is 9.43. The molecule has 5 atom stereocenters. The van der Waals surface area contributed by atoms with E-state index in [1.807, 2.05) is 0 Å². The summed E-state index contributed by atoms with van der Waals surface area (Å²) < 4.78 is 14.7. The number of aliphatic carboxylic acids is 1. The van der Waals surface area contributed by atoms with Crippen LogP contribution in [0.4, 0.5) is 4.39 Å². The fourth-order valence-electron chi connectivity index (χ4n) is 4.95. The molecule has 0 radical (unpaired) electrons. The quantitative estimate of drug-likeness (QED) is 0.769. The van der Waals surface area contributed by atoms with Gasteiger partial charge in [-0.3, -0.25) is 4.79 Å². The van der Waals surface area contributed by atoms with Crippen molar-refractivity contribution < 1.29 is 14.3 Å². The maximum absolute atomic E-state index is 14.7. The van der Waals surface area contributed by atoms with Gasteiger partial charge in [-0.1, -0.05) is 0 Å². The van der Waals surface area contributed by atoms with E-state index in [0.29, 0.717) is 18.9 Å². The fraction of sp³-hybridized carbons (Fsp3) is 0.917. The van der Waals surface area contributed by atoms with Crippen LogP contribution in [0.15, 0.2) is 0 Å². The summed E-state index contributed by atoms with van der Waals surface area (Å²) >= 11 is 0. The highest BCUT2D eigenvalue weighted by Crippen LogP contribution is 2.74. The number of hydrogen-bond donors (Lipinski definition) is 2. The topological polar surface area (TPSA) is 63.3 Å². The van der Waals surface area contributed by atoms with E-state index in [1.165, 1.54) is 0 Å². The average molecular weight is 227 g/mol. The van der Waals surface area contributed by atoms with Crippen molar-refractivity contribution in [3.05, 3.63) is 0 Å². The minimum atomic E-state index is -1.07. The molecule has 0 aromatic rings. The summed E-state index contributed by atoms with van der Waals surface area (Å²) in [6, 6.07) is 0. The van der Waals surface area contributed by atoms with Crippen molar-refractivity contribution in [2.75, 3.05) is 6.54 Å². The van der Waals surface area contributed by atoms with Crippen molar-refractivity contribution in [2.45, 2.75) is 37.8 Å². The third-order valence-electron chi connectivity index (χ3n) is 5.44. The van der Waals surface area contributed by atoms with Gasteiger partial charge in [0.2, 0.25) is 0 Å². The Bertz CT molecular complexity index is 338. The zero-order valence-electron chi connectivity index (χ0n) is 9.29. The van der Waals surface area contributed by atoms with Gasteiger partial charge in [-0.2, -0.15) is 0 Å². The predicted octanol–water partition coefficient (Wildman–Crippen LogP) is 1.56. The molecular weight excluding hydrogens is 209 g/mol. The van der Waals surface area contributed by atoms with Crippen molar-refractivity contribution in [1.82, 2.24) is 0 Å². The molecule has 3 nitrogen and oxygen atoms in total. The number of halogens is 1. The molecule has 0 aliphatic heterocycles. The molecule has 0 heterocycles. The molecule has 4 heteroatoms. The largest absolute Gasteiger partial charge is 0.481 e. The first kappa shape index (κ1) is 10.5. The average Bonchev–Trinajstić information content (AvgIpc) is 2.35. The molecule has 1 unspecified atom stereocenters. The number of rotatable bonds is 3. The van der Waals surface area contributed by atoms with Crippen LogP contribution >= 0.6 is 0 Å². The van der Waals surface area contributed by atoms with Crippen LogP contribution in [-0.2, 0) is 4.79 Å². The number of nitrogens with two attached hydrogens (primary N) is 1. The first-order valence-corrected chi connectivity index (χ1v) is 6.14. The van der Waals surface area contributed by atoms with Crippen LogP contribution in [0.5, 0.6) is 0 Å². The van der Waals surface area contributed by atoms with Crippen LogP contribution < -0.4 is 5.73 Å². The molecule has 3 aliphatic carbocycles. The Balaban J connectivity index is 1.95. The van der Waals surface area contributed by atoms with Crippen molar-refractivity contribution in [3.63, 3.8) is 0 Å². The van der Waals surface area contributed by atoms with E-state index in [2.05, 4.69) is 0 Å². The lowest BCUT2D eigenvalue weighted by Crippen LogP contribution is -2.68. The summed E-state index contributed by atoms with van der Waals surface area (Å²) in [7, 11) is 0. The molecule has 16 heavy (non-hydrogen) atoms. The summed E-state index contributed by atoms with van der Waals surface area (Å²) in [5, 5.41) is 9.00. The van der Waals surface area contributed by atoms with Crippen LogP contribution in [0.2, 0.25) is 0 Å². The maximum Gasteiger partial charge on any atom is 0.303 e. The molecule has 0 saturated heterocycles. The summed E-state index contributed by atoms with van der Waals surface area (Å²) in [6.45, 7) is 0.326. The summed E-state index contributed by atoms with van der Waals surface area (Å²) in [6.07, 6.45) is 3.47. The number of hydrogen-bond acceptors (Lipinski definition) is 2. The highest BCUT2D eigenvalue weighted by molar-refractivity contribution is 5.68. The highest BCUT2D eigenvalue weighted by atomic mass is 19.1. The number of carboxylic acid groups (broad SMARTS) is 1. The molecule has 3 rings (SSSR count). The second kappa shape index (κ2) is 2.97. The third-order valence-corrected chi connectivity index (χ3v) is 5.44. The first-order valence-electron chi connectivity index (χ1n) is 6.14. The zero-order chi connectivity index (χ0) is 11.6. The second-order valence-corrected chi connectivity index (χ2v) is 5.92. The van der Waals surface area contributed by atoms with Gasteiger partial charge in [0.05, 0.1) is 6.42 Å². The summed E-state index contributed by atoms with van der Waals surface area (Å²) in [4.78, 5) is 11.0. The normalized spacial score (nSPS) is 53.5. The molecule has 3 aliphatic rings. The first-order chi connectivity index (χ1) is 7.53. The molecule has 0 aromatic carbocycles. The Kier molecular flexibility index (Phi) is 1.95. The smallest absolute Gasteiger partial charge is 0.303 e. The van der Waals surface area contributed by atoms with Crippen LogP contribution in [-0.4, -0.2) is 23.3 Å². The molecule has 0 spiro atoms. The van der Waals surface area contributed by atoms with Gasteiger partial charge in [0.25, 0.3) is 0 Å². The SMILES string of the molecule is NC[C@@]1(CC(=O)O)C2CC[C@@H]3C[C@H]1[C@]2(F)C3. The van der Waals surface area contributed by atoms with E-state index in [1.54, 1.807) is 0 Å². The van der Waals surface area contributed by atoms with Crippen LogP contribution in [0.25, 0.3) is 0 Å². The molecule has 3 saturated carbocycles.